The standard InChI is InChI=1S/C22H33N7O/c1-3-23-21(27(2)18-19-30-20-8-5-4-6-9-20)26-12-13-28-14-16-29(17-15-28)22-24-10-7-11-25-22/h4-11H,3,12-19H2,1-2H3,(H,23,26). The molecule has 0 saturated carbocycles. The number of anilines is 1. The molecule has 1 fully saturated rings. The summed E-state index contributed by atoms with van der Waals surface area (Å²) in [5.74, 6) is 2.64. The third-order valence-corrected chi connectivity index (χ3v) is 5.02. The van der Waals surface area contributed by atoms with Crippen LogP contribution in [0.25, 0.3) is 0 Å². The van der Waals surface area contributed by atoms with Crippen LogP contribution >= 0.6 is 0 Å². The molecule has 30 heavy (non-hydrogen) atoms. The summed E-state index contributed by atoms with van der Waals surface area (Å²) in [6.07, 6.45) is 3.60. The van der Waals surface area contributed by atoms with Crippen LogP contribution in [0, 0.1) is 0 Å². The van der Waals surface area contributed by atoms with Crippen molar-refractivity contribution >= 4 is 11.9 Å². The molecular formula is C22H33N7O. The molecule has 1 aromatic heterocycles. The number of likely N-dealkylation sites (N-methyl/N-ethyl adjacent to an activating group) is 1. The molecule has 0 aliphatic carbocycles. The lowest BCUT2D eigenvalue weighted by atomic mass is 10.3. The Balaban J connectivity index is 1.40. The number of ether oxygens (including phenoxy) is 1. The summed E-state index contributed by atoms with van der Waals surface area (Å²) < 4.78 is 5.80. The van der Waals surface area contributed by atoms with Crippen molar-refractivity contribution < 1.29 is 4.74 Å². The summed E-state index contributed by atoms with van der Waals surface area (Å²) in [5, 5.41) is 3.37. The average molecular weight is 412 g/mol. The minimum Gasteiger partial charge on any atom is -0.492 e. The lowest BCUT2D eigenvalue weighted by Crippen LogP contribution is -2.48. The lowest BCUT2D eigenvalue weighted by Gasteiger charge is -2.34. The number of benzene rings is 1. The second-order valence-corrected chi connectivity index (χ2v) is 7.20. The van der Waals surface area contributed by atoms with E-state index in [1.165, 1.54) is 0 Å². The molecule has 0 bridgehead atoms. The zero-order valence-corrected chi connectivity index (χ0v) is 18.1. The van der Waals surface area contributed by atoms with Gasteiger partial charge in [0.2, 0.25) is 5.95 Å². The number of piperazine rings is 1. The minimum atomic E-state index is 0.619. The number of aliphatic imine (C=N–C) groups is 1. The number of para-hydroxylation sites is 1. The SMILES string of the molecule is CCNC(=NCCN1CCN(c2ncccn2)CC1)N(C)CCOc1ccccc1. The first-order valence-electron chi connectivity index (χ1n) is 10.7. The predicted octanol–water partition coefficient (Wildman–Crippen LogP) is 1.57. The van der Waals surface area contributed by atoms with Crippen molar-refractivity contribution in [2.75, 3.05) is 70.9 Å². The Morgan fingerprint density at radius 3 is 2.53 bits per heavy atom. The van der Waals surface area contributed by atoms with E-state index >= 15 is 0 Å². The van der Waals surface area contributed by atoms with Gasteiger partial charge in [-0.25, -0.2) is 9.97 Å². The smallest absolute Gasteiger partial charge is 0.225 e. The van der Waals surface area contributed by atoms with E-state index in [4.69, 9.17) is 9.73 Å². The Bertz CT molecular complexity index is 749. The summed E-state index contributed by atoms with van der Waals surface area (Å²) in [7, 11) is 2.05. The topological polar surface area (TPSA) is 69.1 Å². The second-order valence-electron chi connectivity index (χ2n) is 7.20. The maximum absolute atomic E-state index is 5.80. The molecule has 1 aliphatic rings. The first-order chi connectivity index (χ1) is 14.8. The number of rotatable bonds is 9. The van der Waals surface area contributed by atoms with Gasteiger partial charge in [0.15, 0.2) is 5.96 Å². The van der Waals surface area contributed by atoms with Gasteiger partial charge in [-0.15, -0.1) is 0 Å². The van der Waals surface area contributed by atoms with E-state index in [-0.39, 0.29) is 0 Å². The summed E-state index contributed by atoms with van der Waals surface area (Å²) in [5.41, 5.74) is 0. The van der Waals surface area contributed by atoms with Crippen molar-refractivity contribution in [3.05, 3.63) is 48.8 Å². The fourth-order valence-electron chi connectivity index (χ4n) is 3.32. The van der Waals surface area contributed by atoms with Gasteiger partial charge in [-0.3, -0.25) is 9.89 Å². The maximum Gasteiger partial charge on any atom is 0.225 e. The van der Waals surface area contributed by atoms with Crippen molar-refractivity contribution in [1.82, 2.24) is 25.1 Å². The Morgan fingerprint density at radius 2 is 1.83 bits per heavy atom. The Hall–Kier alpha value is -2.87. The molecule has 0 atom stereocenters. The Kier molecular flexibility index (Phi) is 8.71. The van der Waals surface area contributed by atoms with Crippen molar-refractivity contribution in [3.8, 4) is 5.75 Å². The van der Waals surface area contributed by atoms with Crippen LogP contribution in [0.4, 0.5) is 5.95 Å². The van der Waals surface area contributed by atoms with Crippen LogP contribution in [0.2, 0.25) is 0 Å². The number of guanidine groups is 1. The van der Waals surface area contributed by atoms with Crippen LogP contribution in [0.15, 0.2) is 53.8 Å². The Labute approximate surface area is 179 Å². The largest absolute Gasteiger partial charge is 0.492 e. The lowest BCUT2D eigenvalue weighted by molar-refractivity contribution is 0.262. The van der Waals surface area contributed by atoms with E-state index in [0.29, 0.717) is 6.61 Å². The van der Waals surface area contributed by atoms with Crippen molar-refractivity contribution in [2.24, 2.45) is 4.99 Å². The highest BCUT2D eigenvalue weighted by molar-refractivity contribution is 5.79. The molecule has 0 spiro atoms. The van der Waals surface area contributed by atoms with E-state index in [0.717, 1.165) is 70.0 Å². The van der Waals surface area contributed by atoms with Crippen molar-refractivity contribution in [2.45, 2.75) is 6.92 Å². The zero-order chi connectivity index (χ0) is 21.0. The Morgan fingerprint density at radius 1 is 1.10 bits per heavy atom. The van der Waals surface area contributed by atoms with Gasteiger partial charge >= 0.3 is 0 Å². The number of aromatic nitrogens is 2. The summed E-state index contributed by atoms with van der Waals surface area (Å²) in [4.78, 5) is 20.3. The highest BCUT2D eigenvalue weighted by atomic mass is 16.5. The molecule has 162 valence electrons. The summed E-state index contributed by atoms with van der Waals surface area (Å²) in [6, 6.07) is 11.8. The molecule has 3 rings (SSSR count). The number of nitrogens with zero attached hydrogens (tertiary/aromatic N) is 6. The highest BCUT2D eigenvalue weighted by Crippen LogP contribution is 2.09. The van der Waals surface area contributed by atoms with Gasteiger partial charge in [-0.05, 0) is 25.1 Å². The zero-order valence-electron chi connectivity index (χ0n) is 18.1. The van der Waals surface area contributed by atoms with Crippen LogP contribution < -0.4 is 15.0 Å². The molecule has 8 heteroatoms. The van der Waals surface area contributed by atoms with E-state index < -0.39 is 0 Å². The third kappa shape index (κ3) is 6.88. The average Bonchev–Trinajstić information content (AvgIpc) is 2.80. The van der Waals surface area contributed by atoms with Crippen LogP contribution in [0.5, 0.6) is 5.75 Å². The van der Waals surface area contributed by atoms with Crippen molar-refractivity contribution in [1.29, 1.82) is 0 Å². The van der Waals surface area contributed by atoms with Crippen molar-refractivity contribution in [3.63, 3.8) is 0 Å². The molecule has 1 aromatic carbocycles. The van der Waals surface area contributed by atoms with Crippen LogP contribution in [-0.2, 0) is 0 Å². The molecule has 0 radical (unpaired) electrons. The normalized spacial score (nSPS) is 15.1. The van der Waals surface area contributed by atoms with E-state index in [1.54, 1.807) is 12.4 Å². The minimum absolute atomic E-state index is 0.619. The van der Waals surface area contributed by atoms with Gasteiger partial charge in [-0.1, -0.05) is 18.2 Å². The monoisotopic (exact) mass is 411 g/mol. The van der Waals surface area contributed by atoms with Gasteiger partial charge in [0, 0.05) is 58.7 Å². The molecule has 2 heterocycles. The maximum atomic E-state index is 5.80. The molecule has 1 saturated heterocycles. The van der Waals surface area contributed by atoms with E-state index in [9.17, 15) is 0 Å². The van der Waals surface area contributed by atoms with Gasteiger partial charge < -0.3 is 19.9 Å². The van der Waals surface area contributed by atoms with Crippen LogP contribution in [0.3, 0.4) is 0 Å². The van der Waals surface area contributed by atoms with Gasteiger partial charge in [0.25, 0.3) is 0 Å². The fraction of sp³-hybridized carbons (Fsp3) is 0.500. The van der Waals surface area contributed by atoms with Gasteiger partial charge in [0.05, 0.1) is 13.1 Å². The molecule has 0 unspecified atom stereocenters. The number of hydrogen-bond acceptors (Lipinski definition) is 6. The van der Waals surface area contributed by atoms with Gasteiger partial charge in [-0.2, -0.15) is 0 Å². The quantitative estimate of drug-likeness (QED) is 0.496. The molecule has 1 N–H and O–H groups in total. The van der Waals surface area contributed by atoms with E-state index in [1.807, 2.05) is 36.4 Å². The second kappa shape index (κ2) is 12.0. The molecular weight excluding hydrogens is 378 g/mol. The molecule has 1 aliphatic heterocycles. The highest BCUT2D eigenvalue weighted by Gasteiger charge is 2.18. The molecule has 0 amide bonds. The predicted molar refractivity (Wildman–Crippen MR) is 121 cm³/mol. The number of hydrogen-bond donors (Lipinski definition) is 1. The first kappa shape index (κ1) is 21.8. The summed E-state index contributed by atoms with van der Waals surface area (Å²) in [6.45, 7) is 9.96. The van der Waals surface area contributed by atoms with Gasteiger partial charge in [0.1, 0.15) is 12.4 Å². The van der Waals surface area contributed by atoms with Crippen LogP contribution in [0.1, 0.15) is 6.92 Å². The molecule has 2 aromatic rings. The third-order valence-electron chi connectivity index (χ3n) is 5.02. The number of nitrogens with one attached hydrogen (secondary N) is 1. The first-order valence-corrected chi connectivity index (χ1v) is 10.7. The fourth-order valence-corrected chi connectivity index (χ4v) is 3.32. The van der Waals surface area contributed by atoms with E-state index in [2.05, 4.69) is 44.0 Å². The molecule has 8 nitrogen and oxygen atoms in total. The van der Waals surface area contributed by atoms with Crippen LogP contribution in [-0.4, -0.2) is 91.7 Å². The summed E-state index contributed by atoms with van der Waals surface area (Å²) >= 11 is 0.